The summed E-state index contributed by atoms with van der Waals surface area (Å²) >= 11 is 0. The highest BCUT2D eigenvalue weighted by Gasteiger charge is 2.20. The summed E-state index contributed by atoms with van der Waals surface area (Å²) in [6, 6.07) is 9.23. The number of ether oxygens (including phenoxy) is 1. The fourth-order valence-corrected chi connectivity index (χ4v) is 1.95. The Morgan fingerprint density at radius 3 is 2.48 bits per heavy atom. The van der Waals surface area contributed by atoms with Crippen LogP contribution >= 0.6 is 0 Å². The Morgan fingerprint density at radius 2 is 1.90 bits per heavy atom. The smallest absolute Gasteiger partial charge is 0.342 e. The first-order chi connectivity index (χ1) is 9.88. The van der Waals surface area contributed by atoms with E-state index >= 15 is 0 Å². The second kappa shape index (κ2) is 5.62. The highest BCUT2D eigenvalue weighted by Crippen LogP contribution is 2.29. The minimum Gasteiger partial charge on any atom is -0.477 e. The number of aromatic carboxylic acids is 1. The molecular weight excluding hydrogens is 274 g/mol. The number of nitro benzene ring substituents is 1. The van der Waals surface area contributed by atoms with Crippen molar-refractivity contribution in [3.8, 4) is 11.5 Å². The van der Waals surface area contributed by atoms with Crippen LogP contribution in [0.25, 0.3) is 0 Å². The second-order valence-electron chi connectivity index (χ2n) is 4.61. The summed E-state index contributed by atoms with van der Waals surface area (Å²) in [7, 11) is 0. The molecule has 0 saturated heterocycles. The van der Waals surface area contributed by atoms with Gasteiger partial charge in [-0.3, -0.25) is 10.1 Å². The van der Waals surface area contributed by atoms with Crippen molar-refractivity contribution in [2.45, 2.75) is 13.8 Å². The van der Waals surface area contributed by atoms with Crippen molar-refractivity contribution in [1.82, 2.24) is 0 Å². The Balaban J connectivity index is 2.39. The molecule has 0 unspecified atom stereocenters. The van der Waals surface area contributed by atoms with Crippen LogP contribution in [0.1, 0.15) is 21.5 Å². The fourth-order valence-electron chi connectivity index (χ4n) is 1.95. The molecule has 0 aliphatic heterocycles. The molecule has 0 atom stereocenters. The number of hydrogen-bond donors (Lipinski definition) is 1. The maximum Gasteiger partial charge on any atom is 0.342 e. The lowest BCUT2D eigenvalue weighted by atomic mass is 10.1. The van der Waals surface area contributed by atoms with Crippen LogP contribution in [0.4, 0.5) is 5.69 Å². The molecule has 108 valence electrons. The summed E-state index contributed by atoms with van der Waals surface area (Å²) in [4.78, 5) is 21.1. The Kier molecular flexibility index (Phi) is 3.89. The van der Waals surface area contributed by atoms with Crippen LogP contribution in [0.5, 0.6) is 11.5 Å². The predicted octanol–water partition coefficient (Wildman–Crippen LogP) is 3.70. The first-order valence-corrected chi connectivity index (χ1v) is 6.15. The van der Waals surface area contributed by atoms with Gasteiger partial charge in [-0.25, -0.2) is 4.79 Å². The summed E-state index contributed by atoms with van der Waals surface area (Å²) in [5, 5.41) is 19.8. The van der Waals surface area contributed by atoms with Gasteiger partial charge in [0, 0.05) is 12.1 Å². The number of nitrogens with zero attached hydrogens (tertiary/aromatic N) is 1. The molecule has 0 spiro atoms. The monoisotopic (exact) mass is 287 g/mol. The first kappa shape index (κ1) is 14.5. The van der Waals surface area contributed by atoms with Crippen molar-refractivity contribution in [2.75, 3.05) is 0 Å². The summed E-state index contributed by atoms with van der Waals surface area (Å²) in [6.07, 6.45) is 0. The molecule has 0 bridgehead atoms. The molecule has 0 amide bonds. The van der Waals surface area contributed by atoms with Gasteiger partial charge in [-0.05, 0) is 31.5 Å². The molecule has 21 heavy (non-hydrogen) atoms. The van der Waals surface area contributed by atoms with Crippen LogP contribution in [0.15, 0.2) is 36.4 Å². The SMILES string of the molecule is Cc1ccc(Oc2ccc([N+](=O)[O-])c(C(=O)O)c2)c(C)c1. The lowest BCUT2D eigenvalue weighted by Crippen LogP contribution is -2.03. The predicted molar refractivity (Wildman–Crippen MR) is 76.0 cm³/mol. The van der Waals surface area contributed by atoms with Crippen LogP contribution in [-0.2, 0) is 0 Å². The quantitative estimate of drug-likeness (QED) is 0.684. The van der Waals surface area contributed by atoms with E-state index < -0.39 is 22.1 Å². The van der Waals surface area contributed by atoms with Gasteiger partial charge in [0.1, 0.15) is 17.1 Å². The average molecular weight is 287 g/mol. The van der Waals surface area contributed by atoms with E-state index in [9.17, 15) is 14.9 Å². The molecule has 2 aromatic rings. The molecule has 6 nitrogen and oxygen atoms in total. The number of carboxylic acids is 1. The molecule has 2 aromatic carbocycles. The Bertz CT molecular complexity index is 724. The summed E-state index contributed by atoms with van der Waals surface area (Å²) < 4.78 is 5.60. The Labute approximate surface area is 120 Å². The van der Waals surface area contributed by atoms with E-state index in [1.165, 1.54) is 6.07 Å². The fraction of sp³-hybridized carbons (Fsp3) is 0.133. The molecule has 0 heterocycles. The lowest BCUT2D eigenvalue weighted by Gasteiger charge is -2.10. The summed E-state index contributed by atoms with van der Waals surface area (Å²) in [5.41, 5.74) is 1.11. The largest absolute Gasteiger partial charge is 0.477 e. The van der Waals surface area contributed by atoms with E-state index in [1.807, 2.05) is 26.0 Å². The maximum absolute atomic E-state index is 11.1. The highest BCUT2D eigenvalue weighted by atomic mass is 16.6. The molecular formula is C15H13NO5. The number of carboxylic acid groups (broad SMARTS) is 1. The minimum atomic E-state index is -1.37. The van der Waals surface area contributed by atoms with E-state index in [2.05, 4.69) is 0 Å². The summed E-state index contributed by atoms with van der Waals surface area (Å²) in [6.45, 7) is 3.82. The van der Waals surface area contributed by atoms with Crippen molar-refractivity contribution < 1.29 is 19.6 Å². The van der Waals surface area contributed by atoms with Crippen molar-refractivity contribution in [1.29, 1.82) is 0 Å². The van der Waals surface area contributed by atoms with Gasteiger partial charge in [0.25, 0.3) is 5.69 Å². The zero-order chi connectivity index (χ0) is 15.6. The number of benzene rings is 2. The number of nitro groups is 1. The third-order valence-corrected chi connectivity index (χ3v) is 2.95. The maximum atomic E-state index is 11.1. The van der Waals surface area contributed by atoms with Crippen molar-refractivity contribution in [2.24, 2.45) is 0 Å². The Hall–Kier alpha value is -2.89. The molecule has 0 saturated carbocycles. The van der Waals surface area contributed by atoms with E-state index in [0.29, 0.717) is 5.75 Å². The number of rotatable bonds is 4. The van der Waals surface area contributed by atoms with E-state index in [-0.39, 0.29) is 5.75 Å². The normalized spacial score (nSPS) is 10.2. The third-order valence-electron chi connectivity index (χ3n) is 2.95. The molecule has 0 aliphatic rings. The molecule has 0 aromatic heterocycles. The van der Waals surface area contributed by atoms with Gasteiger partial charge in [0.15, 0.2) is 0 Å². The van der Waals surface area contributed by atoms with Gasteiger partial charge in [-0.15, -0.1) is 0 Å². The third kappa shape index (κ3) is 3.17. The zero-order valence-corrected chi connectivity index (χ0v) is 11.5. The van der Waals surface area contributed by atoms with Gasteiger partial charge < -0.3 is 9.84 Å². The number of hydrogen-bond acceptors (Lipinski definition) is 4. The molecule has 1 N–H and O–H groups in total. The van der Waals surface area contributed by atoms with E-state index in [0.717, 1.165) is 23.3 Å². The number of carbonyl (C=O) groups is 1. The van der Waals surface area contributed by atoms with Crippen LogP contribution in [-0.4, -0.2) is 16.0 Å². The van der Waals surface area contributed by atoms with Crippen molar-refractivity contribution in [3.05, 3.63) is 63.2 Å². The van der Waals surface area contributed by atoms with Crippen molar-refractivity contribution >= 4 is 11.7 Å². The molecule has 6 heteroatoms. The molecule has 2 rings (SSSR count). The standard InChI is InChI=1S/C15H13NO5/c1-9-3-6-14(10(2)7-9)21-11-4-5-13(16(19)20)12(8-11)15(17)18/h3-8H,1-2H3,(H,17,18). The molecule has 0 fully saturated rings. The first-order valence-electron chi connectivity index (χ1n) is 6.15. The van der Waals surface area contributed by atoms with Crippen LogP contribution in [0.2, 0.25) is 0 Å². The lowest BCUT2D eigenvalue weighted by molar-refractivity contribution is -0.385. The minimum absolute atomic E-state index is 0.241. The molecule has 0 radical (unpaired) electrons. The van der Waals surface area contributed by atoms with E-state index in [1.54, 1.807) is 6.07 Å². The topological polar surface area (TPSA) is 89.7 Å². The summed E-state index contributed by atoms with van der Waals surface area (Å²) in [5.74, 6) is -0.552. The number of aryl methyl sites for hydroxylation is 2. The molecule has 0 aliphatic carbocycles. The Morgan fingerprint density at radius 1 is 1.19 bits per heavy atom. The van der Waals surface area contributed by atoms with Crippen molar-refractivity contribution in [3.63, 3.8) is 0 Å². The van der Waals surface area contributed by atoms with Gasteiger partial charge in [0.2, 0.25) is 0 Å². The van der Waals surface area contributed by atoms with E-state index in [4.69, 9.17) is 9.84 Å². The highest BCUT2D eigenvalue weighted by molar-refractivity contribution is 5.92. The van der Waals surface area contributed by atoms with Gasteiger partial charge in [0.05, 0.1) is 4.92 Å². The van der Waals surface area contributed by atoms with Gasteiger partial charge in [-0.2, -0.15) is 0 Å². The van der Waals surface area contributed by atoms with Gasteiger partial charge in [-0.1, -0.05) is 17.7 Å². The van der Waals surface area contributed by atoms with Crippen LogP contribution < -0.4 is 4.74 Å². The second-order valence-corrected chi connectivity index (χ2v) is 4.61. The van der Waals surface area contributed by atoms with Crippen LogP contribution in [0, 0.1) is 24.0 Å². The van der Waals surface area contributed by atoms with Crippen LogP contribution in [0.3, 0.4) is 0 Å². The zero-order valence-electron chi connectivity index (χ0n) is 11.5. The average Bonchev–Trinajstić information content (AvgIpc) is 2.41. The van der Waals surface area contributed by atoms with Gasteiger partial charge >= 0.3 is 5.97 Å².